The van der Waals surface area contributed by atoms with Gasteiger partial charge in [-0.3, -0.25) is 4.90 Å². The van der Waals surface area contributed by atoms with Crippen LogP contribution in [-0.2, 0) is 0 Å². The Balaban J connectivity index is 1.90. The molecule has 1 saturated carbocycles. The van der Waals surface area contributed by atoms with Crippen molar-refractivity contribution < 1.29 is 4.74 Å². The molecule has 1 aromatic carbocycles. The molecule has 1 aliphatic carbocycles. The van der Waals surface area contributed by atoms with Crippen LogP contribution in [-0.4, -0.2) is 24.6 Å². The number of aryl methyl sites for hydroxylation is 1. The van der Waals surface area contributed by atoms with E-state index in [0.717, 1.165) is 11.4 Å². The molecule has 2 N–H and O–H groups in total. The van der Waals surface area contributed by atoms with Crippen molar-refractivity contribution in [3.63, 3.8) is 0 Å². The highest BCUT2D eigenvalue weighted by atomic mass is 16.5. The molecule has 2 fully saturated rings. The topological polar surface area (TPSA) is 38.5 Å². The maximum Gasteiger partial charge on any atom is 0.142 e. The molecule has 19 heavy (non-hydrogen) atoms. The van der Waals surface area contributed by atoms with E-state index in [0.29, 0.717) is 12.1 Å². The van der Waals surface area contributed by atoms with E-state index in [1.54, 1.807) is 0 Å². The third-order valence-electron chi connectivity index (χ3n) is 4.35. The number of piperidine rings is 1. The average molecular weight is 260 g/mol. The summed E-state index contributed by atoms with van der Waals surface area (Å²) in [6.07, 6.45) is 6.62. The lowest BCUT2D eigenvalue weighted by atomic mass is 9.92. The Morgan fingerprint density at radius 3 is 2.68 bits per heavy atom. The van der Waals surface area contributed by atoms with Crippen molar-refractivity contribution in [2.45, 2.75) is 51.2 Å². The SMILES string of the molecule is Cc1cc(N)c(OC2CC2)cc1C1CCCCN1C. The number of nitrogen functional groups attached to an aromatic ring is 1. The van der Waals surface area contributed by atoms with Crippen LogP contribution in [0.15, 0.2) is 12.1 Å². The Bertz CT molecular complexity index is 468. The minimum Gasteiger partial charge on any atom is -0.488 e. The summed E-state index contributed by atoms with van der Waals surface area (Å²) in [5.74, 6) is 0.891. The highest BCUT2D eigenvalue weighted by Crippen LogP contribution is 2.38. The van der Waals surface area contributed by atoms with E-state index in [-0.39, 0.29) is 0 Å². The Labute approximate surface area is 115 Å². The number of nitrogens with two attached hydrogens (primary N) is 1. The molecular formula is C16H24N2O. The monoisotopic (exact) mass is 260 g/mol. The summed E-state index contributed by atoms with van der Waals surface area (Å²) >= 11 is 0. The van der Waals surface area contributed by atoms with Gasteiger partial charge in [0.1, 0.15) is 5.75 Å². The lowest BCUT2D eigenvalue weighted by Crippen LogP contribution is -2.30. The van der Waals surface area contributed by atoms with Crippen LogP contribution in [0.4, 0.5) is 5.69 Å². The number of likely N-dealkylation sites (tertiary alicyclic amines) is 1. The summed E-state index contributed by atoms with van der Waals surface area (Å²) in [4.78, 5) is 2.46. The van der Waals surface area contributed by atoms with Gasteiger partial charge in [0, 0.05) is 6.04 Å². The second-order valence-corrected chi connectivity index (χ2v) is 6.06. The predicted molar refractivity (Wildman–Crippen MR) is 78.5 cm³/mol. The molecule has 3 nitrogen and oxygen atoms in total. The number of hydrogen-bond donors (Lipinski definition) is 1. The van der Waals surface area contributed by atoms with Crippen molar-refractivity contribution in [2.24, 2.45) is 0 Å². The lowest BCUT2D eigenvalue weighted by Gasteiger charge is -2.34. The number of hydrogen-bond acceptors (Lipinski definition) is 3. The summed E-state index contributed by atoms with van der Waals surface area (Å²) in [6, 6.07) is 4.79. The highest BCUT2D eigenvalue weighted by molar-refractivity contribution is 5.57. The van der Waals surface area contributed by atoms with Gasteiger partial charge in [-0.05, 0) is 69.5 Å². The number of rotatable bonds is 3. The first-order valence-corrected chi connectivity index (χ1v) is 7.42. The Morgan fingerprint density at radius 1 is 1.21 bits per heavy atom. The Kier molecular flexibility index (Phi) is 3.40. The molecule has 1 heterocycles. The van der Waals surface area contributed by atoms with Gasteiger partial charge in [-0.25, -0.2) is 0 Å². The number of anilines is 1. The van der Waals surface area contributed by atoms with Gasteiger partial charge in [-0.15, -0.1) is 0 Å². The Hall–Kier alpha value is -1.22. The summed E-state index contributed by atoms with van der Waals surface area (Å²) in [7, 11) is 2.22. The Morgan fingerprint density at radius 2 is 2.00 bits per heavy atom. The highest BCUT2D eigenvalue weighted by Gasteiger charge is 2.27. The quantitative estimate of drug-likeness (QED) is 0.848. The summed E-state index contributed by atoms with van der Waals surface area (Å²) in [5.41, 5.74) is 9.56. The van der Waals surface area contributed by atoms with Gasteiger partial charge in [0.25, 0.3) is 0 Å². The van der Waals surface area contributed by atoms with Gasteiger partial charge < -0.3 is 10.5 Å². The molecule has 0 radical (unpaired) electrons. The first-order valence-electron chi connectivity index (χ1n) is 7.42. The first-order chi connectivity index (χ1) is 9.15. The largest absolute Gasteiger partial charge is 0.488 e. The third-order valence-corrected chi connectivity index (χ3v) is 4.35. The van der Waals surface area contributed by atoms with Gasteiger partial charge in [0.05, 0.1) is 11.8 Å². The van der Waals surface area contributed by atoms with Gasteiger partial charge in [0.2, 0.25) is 0 Å². The molecular weight excluding hydrogens is 236 g/mol. The molecule has 104 valence electrons. The predicted octanol–water partition coefficient (Wildman–Crippen LogP) is 3.28. The van der Waals surface area contributed by atoms with Gasteiger partial charge in [0.15, 0.2) is 0 Å². The average Bonchev–Trinajstić information content (AvgIpc) is 3.18. The van der Waals surface area contributed by atoms with Crippen LogP contribution in [0.25, 0.3) is 0 Å². The van der Waals surface area contributed by atoms with Gasteiger partial charge >= 0.3 is 0 Å². The van der Waals surface area contributed by atoms with Crippen molar-refractivity contribution >= 4 is 5.69 Å². The zero-order valence-corrected chi connectivity index (χ0v) is 12.0. The second kappa shape index (κ2) is 5.04. The molecule has 1 unspecified atom stereocenters. The van der Waals surface area contributed by atoms with Crippen molar-refractivity contribution in [1.29, 1.82) is 0 Å². The normalized spacial score (nSPS) is 24.4. The van der Waals surface area contributed by atoms with E-state index >= 15 is 0 Å². The third kappa shape index (κ3) is 2.71. The minimum atomic E-state index is 0.405. The van der Waals surface area contributed by atoms with E-state index in [9.17, 15) is 0 Å². The summed E-state index contributed by atoms with van der Waals surface area (Å²) in [6.45, 7) is 3.35. The minimum absolute atomic E-state index is 0.405. The maximum atomic E-state index is 6.09. The van der Waals surface area contributed by atoms with Gasteiger partial charge in [-0.2, -0.15) is 0 Å². The lowest BCUT2D eigenvalue weighted by molar-refractivity contribution is 0.186. The smallest absolute Gasteiger partial charge is 0.142 e. The summed E-state index contributed by atoms with van der Waals surface area (Å²) < 4.78 is 5.93. The first kappa shape index (κ1) is 12.8. The van der Waals surface area contributed by atoms with Crippen LogP contribution >= 0.6 is 0 Å². The molecule has 2 aliphatic rings. The molecule has 1 atom stereocenters. The van der Waals surface area contributed by atoms with Crippen LogP contribution in [0.1, 0.15) is 49.3 Å². The van der Waals surface area contributed by atoms with Crippen molar-refractivity contribution in [1.82, 2.24) is 4.90 Å². The van der Waals surface area contributed by atoms with Crippen LogP contribution in [0, 0.1) is 6.92 Å². The molecule has 3 heteroatoms. The number of ether oxygens (including phenoxy) is 1. The maximum absolute atomic E-state index is 6.09. The fourth-order valence-corrected chi connectivity index (χ4v) is 3.02. The number of nitrogens with zero attached hydrogens (tertiary/aromatic N) is 1. The molecule has 1 saturated heterocycles. The number of benzene rings is 1. The van der Waals surface area contributed by atoms with Crippen molar-refractivity contribution in [2.75, 3.05) is 19.3 Å². The second-order valence-electron chi connectivity index (χ2n) is 6.06. The molecule has 3 rings (SSSR count). The van der Waals surface area contributed by atoms with Crippen molar-refractivity contribution in [3.05, 3.63) is 23.3 Å². The zero-order chi connectivity index (χ0) is 13.4. The van der Waals surface area contributed by atoms with E-state index in [1.165, 1.54) is 49.8 Å². The van der Waals surface area contributed by atoms with Gasteiger partial charge in [-0.1, -0.05) is 6.42 Å². The molecule has 1 aliphatic heterocycles. The fraction of sp³-hybridized carbons (Fsp3) is 0.625. The van der Waals surface area contributed by atoms with E-state index in [2.05, 4.69) is 31.0 Å². The standard InChI is InChI=1S/C16H24N2O/c1-11-9-14(17)16(19-12-6-7-12)10-13(11)15-5-3-4-8-18(15)2/h9-10,12,15H,3-8,17H2,1-2H3. The van der Waals surface area contributed by atoms with E-state index in [4.69, 9.17) is 10.5 Å². The van der Waals surface area contributed by atoms with Crippen LogP contribution in [0.2, 0.25) is 0 Å². The van der Waals surface area contributed by atoms with Crippen LogP contribution < -0.4 is 10.5 Å². The molecule has 0 aromatic heterocycles. The fourth-order valence-electron chi connectivity index (χ4n) is 3.02. The van der Waals surface area contributed by atoms with E-state index < -0.39 is 0 Å². The molecule has 0 bridgehead atoms. The van der Waals surface area contributed by atoms with Crippen LogP contribution in [0.3, 0.4) is 0 Å². The van der Waals surface area contributed by atoms with E-state index in [1.807, 2.05) is 0 Å². The zero-order valence-electron chi connectivity index (χ0n) is 12.0. The van der Waals surface area contributed by atoms with Crippen LogP contribution in [0.5, 0.6) is 5.75 Å². The summed E-state index contributed by atoms with van der Waals surface area (Å²) in [5, 5.41) is 0. The molecule has 0 spiro atoms. The molecule has 0 amide bonds. The molecule has 1 aromatic rings. The van der Waals surface area contributed by atoms with Crippen molar-refractivity contribution in [3.8, 4) is 5.75 Å².